The van der Waals surface area contributed by atoms with Gasteiger partial charge in [-0.25, -0.2) is 0 Å². The molecule has 0 spiro atoms. The number of nitrogens with one attached hydrogen (secondary N) is 2. The van der Waals surface area contributed by atoms with Gasteiger partial charge in [-0.05, 0) is 24.3 Å². The van der Waals surface area contributed by atoms with Gasteiger partial charge in [0, 0.05) is 29.8 Å². The minimum absolute atomic E-state index is 0.147. The van der Waals surface area contributed by atoms with Crippen molar-refractivity contribution < 1.29 is 14.6 Å². The van der Waals surface area contributed by atoms with E-state index in [2.05, 4.69) is 10.3 Å². The van der Waals surface area contributed by atoms with Crippen LogP contribution < -0.4 is 5.32 Å². The average Bonchev–Trinajstić information content (AvgIpc) is 2.85. The van der Waals surface area contributed by atoms with Gasteiger partial charge in [-0.15, -0.1) is 0 Å². The molecular formula is C13H16N2O3. The van der Waals surface area contributed by atoms with Crippen LogP contribution in [0.4, 0.5) is 0 Å². The number of hydrogen-bond acceptors (Lipinski definition) is 3. The second-order valence-corrected chi connectivity index (χ2v) is 4.09. The molecule has 2 rings (SSSR count). The van der Waals surface area contributed by atoms with Crippen molar-refractivity contribution in [3.63, 3.8) is 0 Å². The highest BCUT2D eigenvalue weighted by Crippen LogP contribution is 2.14. The van der Waals surface area contributed by atoms with Crippen molar-refractivity contribution in [2.24, 2.45) is 0 Å². The highest BCUT2D eigenvalue weighted by atomic mass is 16.5. The molecule has 0 radical (unpaired) electrons. The second kappa shape index (κ2) is 5.66. The Bertz CT molecular complexity index is 536. The number of aliphatic hydroxyl groups excluding tert-OH is 1. The van der Waals surface area contributed by atoms with Crippen LogP contribution in [0.3, 0.4) is 0 Å². The molecule has 2 aromatic rings. The summed E-state index contributed by atoms with van der Waals surface area (Å²) in [6.07, 6.45) is 1.83. The Labute approximate surface area is 105 Å². The van der Waals surface area contributed by atoms with E-state index in [1.165, 1.54) is 7.11 Å². The molecule has 0 aliphatic heterocycles. The van der Waals surface area contributed by atoms with Gasteiger partial charge in [-0.3, -0.25) is 4.79 Å². The summed E-state index contributed by atoms with van der Waals surface area (Å²) in [5, 5.41) is 12.8. The van der Waals surface area contributed by atoms with E-state index in [1.807, 2.05) is 24.4 Å². The zero-order valence-electron chi connectivity index (χ0n) is 10.1. The molecule has 1 unspecified atom stereocenters. The van der Waals surface area contributed by atoms with Crippen molar-refractivity contribution in [1.29, 1.82) is 0 Å². The Morgan fingerprint density at radius 3 is 3.06 bits per heavy atom. The normalized spacial score (nSPS) is 12.6. The number of H-pyrrole nitrogens is 1. The summed E-state index contributed by atoms with van der Waals surface area (Å²) >= 11 is 0. The van der Waals surface area contributed by atoms with Gasteiger partial charge in [0.25, 0.3) is 5.91 Å². The topological polar surface area (TPSA) is 74.3 Å². The first-order valence-corrected chi connectivity index (χ1v) is 5.72. The Kier molecular flexibility index (Phi) is 3.96. The first kappa shape index (κ1) is 12.6. The number of fused-ring (bicyclic) bond motifs is 1. The van der Waals surface area contributed by atoms with E-state index in [9.17, 15) is 4.79 Å². The summed E-state index contributed by atoms with van der Waals surface area (Å²) in [5.74, 6) is -0.214. The lowest BCUT2D eigenvalue weighted by Crippen LogP contribution is -2.40. The molecule has 1 atom stereocenters. The van der Waals surface area contributed by atoms with Crippen LogP contribution in [-0.2, 0) is 4.74 Å². The predicted molar refractivity (Wildman–Crippen MR) is 68.5 cm³/mol. The maximum Gasteiger partial charge on any atom is 0.251 e. The van der Waals surface area contributed by atoms with Gasteiger partial charge in [0.05, 0.1) is 19.3 Å². The molecule has 18 heavy (non-hydrogen) atoms. The SMILES string of the molecule is COCC(CO)NC(=O)c1ccc2[nH]ccc2c1. The van der Waals surface area contributed by atoms with Gasteiger partial charge in [0.2, 0.25) is 0 Å². The Balaban J connectivity index is 2.12. The number of ether oxygens (including phenoxy) is 1. The lowest BCUT2D eigenvalue weighted by Gasteiger charge is -2.15. The third-order valence-corrected chi connectivity index (χ3v) is 2.74. The molecule has 0 bridgehead atoms. The number of carbonyl (C=O) groups excluding carboxylic acids is 1. The molecule has 1 heterocycles. The van der Waals surface area contributed by atoms with Crippen LogP contribution in [0.5, 0.6) is 0 Å². The molecule has 3 N–H and O–H groups in total. The summed E-state index contributed by atoms with van der Waals surface area (Å²) in [6, 6.07) is 6.93. The highest BCUT2D eigenvalue weighted by Gasteiger charge is 2.13. The molecule has 1 aromatic heterocycles. The maximum atomic E-state index is 12.0. The van der Waals surface area contributed by atoms with Crippen LogP contribution in [0, 0.1) is 0 Å². The highest BCUT2D eigenvalue weighted by molar-refractivity contribution is 5.98. The number of benzene rings is 1. The number of methoxy groups -OCH3 is 1. The molecule has 0 fully saturated rings. The van der Waals surface area contributed by atoms with E-state index >= 15 is 0 Å². The molecule has 0 saturated carbocycles. The van der Waals surface area contributed by atoms with Crippen molar-refractivity contribution in [2.45, 2.75) is 6.04 Å². The largest absolute Gasteiger partial charge is 0.394 e. The molecular weight excluding hydrogens is 232 g/mol. The summed E-state index contributed by atoms with van der Waals surface area (Å²) in [4.78, 5) is 15.0. The first-order chi connectivity index (χ1) is 8.74. The van der Waals surface area contributed by atoms with Gasteiger partial charge in [-0.1, -0.05) is 0 Å². The second-order valence-electron chi connectivity index (χ2n) is 4.09. The van der Waals surface area contributed by atoms with Crippen LogP contribution in [0.15, 0.2) is 30.5 Å². The number of aromatic nitrogens is 1. The van der Waals surface area contributed by atoms with Crippen molar-refractivity contribution in [3.05, 3.63) is 36.0 Å². The molecule has 0 saturated heterocycles. The van der Waals surface area contributed by atoms with Crippen molar-refractivity contribution >= 4 is 16.8 Å². The lowest BCUT2D eigenvalue weighted by atomic mass is 10.1. The summed E-state index contributed by atoms with van der Waals surface area (Å²) in [6.45, 7) is 0.140. The average molecular weight is 248 g/mol. The standard InChI is InChI=1S/C13H16N2O3/c1-18-8-11(7-16)15-13(17)10-2-3-12-9(6-10)4-5-14-12/h2-6,11,14,16H,7-8H2,1H3,(H,15,17). The van der Waals surface area contributed by atoms with E-state index in [4.69, 9.17) is 9.84 Å². The Morgan fingerprint density at radius 1 is 1.50 bits per heavy atom. The quantitative estimate of drug-likeness (QED) is 0.736. The van der Waals surface area contributed by atoms with E-state index in [1.54, 1.807) is 6.07 Å². The Hall–Kier alpha value is -1.85. The van der Waals surface area contributed by atoms with Crippen LogP contribution in [0.2, 0.25) is 0 Å². The maximum absolute atomic E-state index is 12.0. The molecule has 5 heteroatoms. The third-order valence-electron chi connectivity index (χ3n) is 2.74. The fourth-order valence-electron chi connectivity index (χ4n) is 1.80. The third kappa shape index (κ3) is 2.69. The zero-order valence-corrected chi connectivity index (χ0v) is 10.1. The van der Waals surface area contributed by atoms with Gasteiger partial charge in [-0.2, -0.15) is 0 Å². The fourth-order valence-corrected chi connectivity index (χ4v) is 1.80. The Morgan fingerprint density at radius 2 is 2.33 bits per heavy atom. The minimum atomic E-state index is -0.385. The molecule has 0 aliphatic carbocycles. The van der Waals surface area contributed by atoms with E-state index in [0.29, 0.717) is 5.56 Å². The van der Waals surface area contributed by atoms with Crippen molar-refractivity contribution in [2.75, 3.05) is 20.3 Å². The summed E-state index contributed by atoms with van der Waals surface area (Å²) in [5.41, 5.74) is 1.55. The minimum Gasteiger partial charge on any atom is -0.394 e. The zero-order chi connectivity index (χ0) is 13.0. The molecule has 5 nitrogen and oxygen atoms in total. The van der Waals surface area contributed by atoms with E-state index < -0.39 is 0 Å². The number of rotatable bonds is 5. The monoisotopic (exact) mass is 248 g/mol. The number of aliphatic hydroxyl groups is 1. The van der Waals surface area contributed by atoms with E-state index in [0.717, 1.165) is 10.9 Å². The molecule has 1 aromatic carbocycles. The number of amides is 1. The van der Waals surface area contributed by atoms with Crippen LogP contribution in [0.25, 0.3) is 10.9 Å². The predicted octanol–water partition coefficient (Wildman–Crippen LogP) is 0.905. The fraction of sp³-hybridized carbons (Fsp3) is 0.308. The van der Waals surface area contributed by atoms with Crippen molar-refractivity contribution in [1.82, 2.24) is 10.3 Å². The van der Waals surface area contributed by atoms with Crippen LogP contribution >= 0.6 is 0 Å². The van der Waals surface area contributed by atoms with Gasteiger partial charge < -0.3 is 20.1 Å². The lowest BCUT2D eigenvalue weighted by molar-refractivity contribution is 0.0840. The van der Waals surface area contributed by atoms with Crippen molar-refractivity contribution in [3.8, 4) is 0 Å². The smallest absolute Gasteiger partial charge is 0.251 e. The number of hydrogen-bond donors (Lipinski definition) is 3. The summed E-state index contributed by atoms with van der Waals surface area (Å²) < 4.78 is 4.91. The summed E-state index contributed by atoms with van der Waals surface area (Å²) in [7, 11) is 1.53. The van der Waals surface area contributed by atoms with Crippen LogP contribution in [0.1, 0.15) is 10.4 Å². The molecule has 96 valence electrons. The van der Waals surface area contributed by atoms with Crippen LogP contribution in [-0.4, -0.2) is 42.4 Å². The van der Waals surface area contributed by atoms with Gasteiger partial charge in [0.1, 0.15) is 0 Å². The number of aromatic amines is 1. The van der Waals surface area contributed by atoms with Gasteiger partial charge in [0.15, 0.2) is 0 Å². The molecule has 1 amide bonds. The van der Waals surface area contributed by atoms with E-state index in [-0.39, 0.29) is 25.2 Å². The number of carbonyl (C=O) groups is 1. The molecule has 0 aliphatic rings. The first-order valence-electron chi connectivity index (χ1n) is 5.72. The van der Waals surface area contributed by atoms with Gasteiger partial charge >= 0.3 is 0 Å².